The van der Waals surface area contributed by atoms with Crippen LogP contribution in [0.1, 0.15) is 43.7 Å². The van der Waals surface area contributed by atoms with Gasteiger partial charge in [0.2, 0.25) is 0 Å². The Kier molecular flexibility index (Phi) is 3.67. The Bertz CT molecular complexity index is 420. The van der Waals surface area contributed by atoms with Gasteiger partial charge in [0, 0.05) is 5.56 Å². The van der Waals surface area contributed by atoms with Gasteiger partial charge in [0.25, 0.3) is 0 Å². The van der Waals surface area contributed by atoms with Gasteiger partial charge in [-0.2, -0.15) is 0 Å². The summed E-state index contributed by atoms with van der Waals surface area (Å²) in [7, 11) is 0. The van der Waals surface area contributed by atoms with Gasteiger partial charge in [-0.05, 0) is 51.2 Å². The molecule has 17 heavy (non-hydrogen) atoms. The Morgan fingerprint density at radius 3 is 2.71 bits per heavy atom. The minimum absolute atomic E-state index is 0.321. The summed E-state index contributed by atoms with van der Waals surface area (Å²) in [4.78, 5) is 0. The second-order valence-electron chi connectivity index (χ2n) is 4.66. The fourth-order valence-electron chi connectivity index (χ4n) is 2.32. The van der Waals surface area contributed by atoms with E-state index in [1.54, 1.807) is 6.92 Å². The van der Waals surface area contributed by atoms with Gasteiger partial charge in [-0.1, -0.05) is 17.3 Å². The van der Waals surface area contributed by atoms with Crippen LogP contribution in [0, 0.1) is 6.92 Å². The molecule has 1 saturated carbocycles. The van der Waals surface area contributed by atoms with E-state index in [0.717, 1.165) is 29.7 Å². The monoisotopic (exact) mass is 233 g/mol. The molecule has 0 radical (unpaired) electrons. The van der Waals surface area contributed by atoms with E-state index in [-0.39, 0.29) is 0 Å². The Morgan fingerprint density at radius 2 is 2.06 bits per heavy atom. The van der Waals surface area contributed by atoms with Gasteiger partial charge in [0.1, 0.15) is 5.75 Å². The first-order valence-electron chi connectivity index (χ1n) is 6.17. The third kappa shape index (κ3) is 2.60. The van der Waals surface area contributed by atoms with Crippen LogP contribution in [-0.4, -0.2) is 17.0 Å². The van der Waals surface area contributed by atoms with E-state index < -0.39 is 0 Å². The number of benzene rings is 1. The van der Waals surface area contributed by atoms with Gasteiger partial charge in [-0.15, -0.1) is 0 Å². The van der Waals surface area contributed by atoms with Gasteiger partial charge >= 0.3 is 0 Å². The molecule has 1 aromatic carbocycles. The van der Waals surface area contributed by atoms with Crippen LogP contribution in [0.15, 0.2) is 23.4 Å². The molecule has 0 aliphatic heterocycles. The lowest BCUT2D eigenvalue weighted by molar-refractivity contribution is 0.208. The normalized spacial score (nSPS) is 17.4. The van der Waals surface area contributed by atoms with E-state index in [1.807, 2.05) is 25.1 Å². The van der Waals surface area contributed by atoms with Crippen LogP contribution in [0.5, 0.6) is 5.75 Å². The highest BCUT2D eigenvalue weighted by atomic mass is 16.5. The molecule has 0 atom stereocenters. The number of rotatable bonds is 3. The summed E-state index contributed by atoms with van der Waals surface area (Å²) in [5, 5.41) is 12.2. The summed E-state index contributed by atoms with van der Waals surface area (Å²) in [6.45, 7) is 3.81. The third-order valence-electron chi connectivity index (χ3n) is 3.34. The van der Waals surface area contributed by atoms with Crippen molar-refractivity contribution >= 4 is 5.71 Å². The zero-order valence-electron chi connectivity index (χ0n) is 10.4. The highest BCUT2D eigenvalue weighted by Crippen LogP contribution is 2.29. The number of nitrogens with zero attached hydrogens (tertiary/aromatic N) is 1. The summed E-state index contributed by atoms with van der Waals surface area (Å²) < 4.78 is 6.07. The molecule has 1 fully saturated rings. The number of aryl methyl sites for hydroxylation is 1. The van der Waals surface area contributed by atoms with Crippen molar-refractivity contribution in [3.05, 3.63) is 29.3 Å². The minimum Gasteiger partial charge on any atom is -0.489 e. The van der Waals surface area contributed by atoms with Crippen LogP contribution in [0.25, 0.3) is 0 Å². The fraction of sp³-hybridized carbons (Fsp3) is 0.500. The summed E-state index contributed by atoms with van der Waals surface area (Å²) in [6.07, 6.45) is 5.07. The molecule has 0 spiro atoms. The van der Waals surface area contributed by atoms with E-state index in [1.165, 1.54) is 12.8 Å². The van der Waals surface area contributed by atoms with Crippen molar-refractivity contribution in [2.24, 2.45) is 5.16 Å². The Labute approximate surface area is 102 Å². The summed E-state index contributed by atoms with van der Waals surface area (Å²) >= 11 is 0. The number of hydrogen-bond donors (Lipinski definition) is 1. The Hall–Kier alpha value is -1.51. The molecule has 1 aliphatic rings. The average Bonchev–Trinajstić information content (AvgIpc) is 2.83. The van der Waals surface area contributed by atoms with Gasteiger partial charge in [0.05, 0.1) is 11.8 Å². The molecule has 0 amide bonds. The first-order valence-corrected chi connectivity index (χ1v) is 6.17. The highest BCUT2D eigenvalue weighted by molar-refractivity contribution is 6.01. The second kappa shape index (κ2) is 5.21. The molecule has 0 unspecified atom stereocenters. The second-order valence-corrected chi connectivity index (χ2v) is 4.66. The van der Waals surface area contributed by atoms with Crippen LogP contribution in [0.4, 0.5) is 0 Å². The number of hydrogen-bond acceptors (Lipinski definition) is 3. The van der Waals surface area contributed by atoms with Crippen molar-refractivity contribution in [2.45, 2.75) is 45.6 Å². The molecule has 1 N–H and O–H groups in total. The van der Waals surface area contributed by atoms with Gasteiger partial charge < -0.3 is 9.94 Å². The zero-order valence-corrected chi connectivity index (χ0v) is 10.4. The molecular weight excluding hydrogens is 214 g/mol. The van der Waals surface area contributed by atoms with Gasteiger partial charge in [-0.25, -0.2) is 0 Å². The lowest BCUT2D eigenvalue weighted by Crippen LogP contribution is -2.14. The molecule has 3 nitrogen and oxygen atoms in total. The molecule has 2 rings (SSSR count). The third-order valence-corrected chi connectivity index (χ3v) is 3.34. The summed E-state index contributed by atoms with van der Waals surface area (Å²) in [5.74, 6) is 0.870. The zero-order chi connectivity index (χ0) is 12.3. The Morgan fingerprint density at radius 1 is 1.35 bits per heavy atom. The lowest BCUT2D eigenvalue weighted by atomic mass is 10.1. The minimum atomic E-state index is 0.321. The molecule has 92 valence electrons. The number of ether oxygens (including phenoxy) is 1. The number of para-hydroxylation sites is 1. The lowest BCUT2D eigenvalue weighted by Gasteiger charge is -2.18. The van der Waals surface area contributed by atoms with Crippen LogP contribution in [0.2, 0.25) is 0 Å². The molecule has 1 aromatic rings. The van der Waals surface area contributed by atoms with E-state index in [2.05, 4.69) is 5.16 Å². The van der Waals surface area contributed by atoms with Crippen LogP contribution >= 0.6 is 0 Å². The van der Waals surface area contributed by atoms with Gasteiger partial charge in [0.15, 0.2) is 0 Å². The average molecular weight is 233 g/mol. The smallest absolute Gasteiger partial charge is 0.131 e. The van der Waals surface area contributed by atoms with Crippen molar-refractivity contribution in [3.63, 3.8) is 0 Å². The standard InChI is InChI=1S/C14H19NO2/c1-10-6-5-9-13(11(2)15-16)14(10)17-12-7-3-4-8-12/h5-6,9,12,16H,3-4,7-8H2,1-2H3/b15-11+. The molecule has 1 aliphatic carbocycles. The highest BCUT2D eigenvalue weighted by Gasteiger charge is 2.19. The SMILES string of the molecule is C/C(=N\O)c1cccc(C)c1OC1CCCC1. The van der Waals surface area contributed by atoms with Crippen molar-refractivity contribution in [2.75, 3.05) is 0 Å². The largest absolute Gasteiger partial charge is 0.489 e. The van der Waals surface area contributed by atoms with E-state index in [0.29, 0.717) is 11.8 Å². The molecular formula is C14H19NO2. The summed E-state index contributed by atoms with van der Waals surface area (Å²) in [6, 6.07) is 5.92. The first-order chi connectivity index (χ1) is 8.22. The quantitative estimate of drug-likeness (QED) is 0.493. The maximum Gasteiger partial charge on any atom is 0.131 e. The molecule has 3 heteroatoms. The number of oxime groups is 1. The predicted molar refractivity (Wildman–Crippen MR) is 68.1 cm³/mol. The topological polar surface area (TPSA) is 41.8 Å². The molecule has 0 saturated heterocycles. The van der Waals surface area contributed by atoms with E-state index >= 15 is 0 Å². The summed E-state index contributed by atoms with van der Waals surface area (Å²) in [5.41, 5.74) is 2.58. The maximum atomic E-state index is 8.90. The van der Waals surface area contributed by atoms with Crippen LogP contribution in [0.3, 0.4) is 0 Å². The van der Waals surface area contributed by atoms with Gasteiger partial charge in [-0.3, -0.25) is 0 Å². The first kappa shape index (κ1) is 12.0. The van der Waals surface area contributed by atoms with Crippen molar-refractivity contribution < 1.29 is 9.94 Å². The van der Waals surface area contributed by atoms with Crippen molar-refractivity contribution in [3.8, 4) is 5.75 Å². The van der Waals surface area contributed by atoms with Crippen molar-refractivity contribution in [1.29, 1.82) is 0 Å². The fourth-order valence-corrected chi connectivity index (χ4v) is 2.32. The molecule has 0 aromatic heterocycles. The van der Waals surface area contributed by atoms with Crippen LogP contribution in [-0.2, 0) is 0 Å². The molecule has 0 bridgehead atoms. The van der Waals surface area contributed by atoms with E-state index in [9.17, 15) is 0 Å². The van der Waals surface area contributed by atoms with Crippen molar-refractivity contribution in [1.82, 2.24) is 0 Å². The molecule has 0 heterocycles. The maximum absolute atomic E-state index is 8.90. The van der Waals surface area contributed by atoms with E-state index in [4.69, 9.17) is 9.94 Å². The Balaban J connectivity index is 2.29. The predicted octanol–water partition coefficient (Wildman–Crippen LogP) is 3.51. The van der Waals surface area contributed by atoms with Crippen LogP contribution < -0.4 is 4.74 Å².